The SMILES string of the molecule is Br.Br.Br.Br.O=C(c1ccccc1)c1ccc(O)cc1. The smallest absolute Gasteiger partial charge is 0.193 e. The summed E-state index contributed by atoms with van der Waals surface area (Å²) in [7, 11) is 0. The van der Waals surface area contributed by atoms with E-state index in [0.717, 1.165) is 0 Å². The first-order valence-corrected chi connectivity index (χ1v) is 4.66. The van der Waals surface area contributed by atoms with Crippen molar-refractivity contribution < 1.29 is 9.90 Å². The maximum absolute atomic E-state index is 11.9. The normalized spacial score (nSPS) is 7.79. The number of carbonyl (C=O) groups excluding carboxylic acids is 1. The van der Waals surface area contributed by atoms with Gasteiger partial charge in [0.05, 0.1) is 0 Å². The van der Waals surface area contributed by atoms with Gasteiger partial charge in [0.2, 0.25) is 0 Å². The minimum atomic E-state index is -0.0319. The van der Waals surface area contributed by atoms with Gasteiger partial charge in [-0.3, -0.25) is 4.79 Å². The zero-order valence-corrected chi connectivity index (χ0v) is 16.5. The predicted molar refractivity (Wildman–Crippen MR) is 99.3 cm³/mol. The van der Waals surface area contributed by atoms with Crippen LogP contribution in [0.3, 0.4) is 0 Å². The van der Waals surface area contributed by atoms with Gasteiger partial charge in [-0.15, -0.1) is 67.9 Å². The Morgan fingerprint density at radius 2 is 1.11 bits per heavy atom. The van der Waals surface area contributed by atoms with Crippen LogP contribution in [-0.2, 0) is 0 Å². The molecule has 0 fully saturated rings. The van der Waals surface area contributed by atoms with Crippen molar-refractivity contribution in [2.75, 3.05) is 0 Å². The Morgan fingerprint density at radius 3 is 1.58 bits per heavy atom. The van der Waals surface area contributed by atoms with Gasteiger partial charge in [-0.2, -0.15) is 0 Å². The van der Waals surface area contributed by atoms with Crippen LogP contribution in [-0.4, -0.2) is 10.9 Å². The molecule has 0 saturated heterocycles. The van der Waals surface area contributed by atoms with Crippen molar-refractivity contribution in [3.63, 3.8) is 0 Å². The third-order valence-electron chi connectivity index (χ3n) is 2.17. The fourth-order valence-electron chi connectivity index (χ4n) is 1.37. The first-order valence-electron chi connectivity index (χ1n) is 4.66. The van der Waals surface area contributed by atoms with Crippen molar-refractivity contribution in [3.8, 4) is 5.75 Å². The molecule has 2 nitrogen and oxygen atoms in total. The maximum atomic E-state index is 11.9. The molecule has 0 aromatic heterocycles. The molecule has 0 radical (unpaired) electrons. The second-order valence-electron chi connectivity index (χ2n) is 3.24. The van der Waals surface area contributed by atoms with E-state index >= 15 is 0 Å². The van der Waals surface area contributed by atoms with Gasteiger partial charge in [0.15, 0.2) is 5.78 Å². The fourth-order valence-corrected chi connectivity index (χ4v) is 1.37. The minimum Gasteiger partial charge on any atom is -0.508 e. The molecule has 106 valence electrons. The molecule has 0 bridgehead atoms. The van der Waals surface area contributed by atoms with Gasteiger partial charge in [0, 0.05) is 11.1 Å². The molecule has 19 heavy (non-hydrogen) atoms. The number of carbonyl (C=O) groups is 1. The quantitative estimate of drug-likeness (QED) is 0.569. The van der Waals surface area contributed by atoms with Crippen LogP contribution in [0.1, 0.15) is 15.9 Å². The molecule has 2 rings (SSSR count). The topological polar surface area (TPSA) is 37.3 Å². The number of benzene rings is 2. The van der Waals surface area contributed by atoms with Gasteiger partial charge in [0.25, 0.3) is 0 Å². The summed E-state index contributed by atoms with van der Waals surface area (Å²) in [5.41, 5.74) is 1.24. The van der Waals surface area contributed by atoms with Crippen molar-refractivity contribution in [3.05, 3.63) is 65.7 Å². The van der Waals surface area contributed by atoms with Crippen molar-refractivity contribution in [2.45, 2.75) is 0 Å². The van der Waals surface area contributed by atoms with Crippen LogP contribution in [0.4, 0.5) is 0 Å². The molecule has 0 aliphatic rings. The lowest BCUT2D eigenvalue weighted by Crippen LogP contribution is -1.99. The molecule has 0 aliphatic carbocycles. The van der Waals surface area contributed by atoms with Gasteiger partial charge < -0.3 is 5.11 Å². The Hall–Kier alpha value is -0.170. The highest BCUT2D eigenvalue weighted by Gasteiger charge is 2.07. The lowest BCUT2D eigenvalue weighted by molar-refractivity contribution is 0.103. The van der Waals surface area contributed by atoms with E-state index in [1.165, 1.54) is 12.1 Å². The number of halogens is 4. The summed E-state index contributed by atoms with van der Waals surface area (Å²) in [5.74, 6) is 0.134. The predicted octanol–water partition coefficient (Wildman–Crippen LogP) is 4.93. The molecular weight excluding hydrogens is 508 g/mol. The average Bonchev–Trinajstić information content (AvgIpc) is 2.30. The minimum absolute atomic E-state index is 0. The van der Waals surface area contributed by atoms with Crippen molar-refractivity contribution in [2.24, 2.45) is 0 Å². The number of rotatable bonds is 2. The van der Waals surface area contributed by atoms with Gasteiger partial charge >= 0.3 is 0 Å². The van der Waals surface area contributed by atoms with E-state index in [-0.39, 0.29) is 79.5 Å². The summed E-state index contributed by atoms with van der Waals surface area (Å²) in [6, 6.07) is 15.3. The lowest BCUT2D eigenvalue weighted by Gasteiger charge is -2.00. The molecule has 0 amide bonds. The summed E-state index contributed by atoms with van der Waals surface area (Å²) < 4.78 is 0. The molecule has 0 unspecified atom stereocenters. The third-order valence-corrected chi connectivity index (χ3v) is 2.17. The van der Waals surface area contributed by atoms with Crippen LogP contribution in [0.5, 0.6) is 5.75 Å². The largest absolute Gasteiger partial charge is 0.508 e. The van der Waals surface area contributed by atoms with Crippen LogP contribution in [0.25, 0.3) is 0 Å². The number of phenolic OH excluding ortho intramolecular Hbond substituents is 1. The third kappa shape index (κ3) is 6.70. The van der Waals surface area contributed by atoms with Gasteiger partial charge in [0.1, 0.15) is 5.75 Å². The van der Waals surface area contributed by atoms with Crippen molar-refractivity contribution >= 4 is 73.7 Å². The summed E-state index contributed by atoms with van der Waals surface area (Å²) in [6.07, 6.45) is 0. The molecule has 0 saturated carbocycles. The highest BCUT2D eigenvalue weighted by Crippen LogP contribution is 2.13. The van der Waals surface area contributed by atoms with E-state index in [4.69, 9.17) is 5.11 Å². The van der Waals surface area contributed by atoms with Crippen molar-refractivity contribution in [1.29, 1.82) is 0 Å². The molecule has 2 aromatic rings. The molecule has 1 N–H and O–H groups in total. The number of ketones is 1. The zero-order chi connectivity index (χ0) is 10.7. The van der Waals surface area contributed by atoms with Crippen LogP contribution < -0.4 is 0 Å². The molecule has 0 heterocycles. The van der Waals surface area contributed by atoms with Crippen LogP contribution in [0.2, 0.25) is 0 Å². The number of hydrogen-bond acceptors (Lipinski definition) is 2. The van der Waals surface area contributed by atoms with Gasteiger partial charge in [-0.05, 0) is 24.3 Å². The number of phenols is 1. The van der Waals surface area contributed by atoms with Crippen molar-refractivity contribution in [1.82, 2.24) is 0 Å². The Labute approximate surface area is 154 Å². The van der Waals surface area contributed by atoms with Crippen LogP contribution in [0, 0.1) is 0 Å². The van der Waals surface area contributed by atoms with E-state index in [1.807, 2.05) is 18.2 Å². The summed E-state index contributed by atoms with van der Waals surface area (Å²) in [6.45, 7) is 0. The number of aromatic hydroxyl groups is 1. The maximum Gasteiger partial charge on any atom is 0.193 e. The van der Waals surface area contributed by atoms with E-state index in [9.17, 15) is 4.79 Å². The van der Waals surface area contributed by atoms with E-state index in [0.29, 0.717) is 11.1 Å². The highest BCUT2D eigenvalue weighted by molar-refractivity contribution is 8.93. The molecule has 0 atom stereocenters. The van der Waals surface area contributed by atoms with Gasteiger partial charge in [-0.25, -0.2) is 0 Å². The Morgan fingerprint density at radius 1 is 0.684 bits per heavy atom. The zero-order valence-electron chi connectivity index (χ0n) is 9.68. The lowest BCUT2D eigenvalue weighted by atomic mass is 10.0. The van der Waals surface area contributed by atoms with E-state index in [2.05, 4.69) is 0 Å². The summed E-state index contributed by atoms with van der Waals surface area (Å²) in [5, 5.41) is 9.10. The second kappa shape index (κ2) is 11.6. The molecule has 6 heteroatoms. The average molecular weight is 522 g/mol. The van der Waals surface area contributed by atoms with Gasteiger partial charge in [-0.1, -0.05) is 30.3 Å². The Balaban J connectivity index is -0.000000640. The molecular formula is C13H14Br4O2. The second-order valence-corrected chi connectivity index (χ2v) is 3.24. The molecule has 2 aromatic carbocycles. The standard InChI is InChI=1S/C13H10O2.4BrH/c14-12-8-6-11(7-9-12)13(15)10-4-2-1-3-5-10;;;;/h1-9,14H;4*1H. The fraction of sp³-hybridized carbons (Fsp3) is 0. The van der Waals surface area contributed by atoms with E-state index < -0.39 is 0 Å². The summed E-state index contributed by atoms with van der Waals surface area (Å²) in [4.78, 5) is 11.9. The van der Waals surface area contributed by atoms with E-state index in [1.54, 1.807) is 24.3 Å². The Kier molecular flexibility index (Phi) is 14.6. The van der Waals surface area contributed by atoms with Crippen LogP contribution >= 0.6 is 67.9 Å². The summed E-state index contributed by atoms with van der Waals surface area (Å²) >= 11 is 0. The first-order chi connectivity index (χ1) is 7.27. The van der Waals surface area contributed by atoms with Crippen LogP contribution in [0.15, 0.2) is 54.6 Å². The highest BCUT2D eigenvalue weighted by atomic mass is 79.9. The Bertz CT molecular complexity index is 472. The molecule has 0 aliphatic heterocycles. The monoisotopic (exact) mass is 518 g/mol. The molecule has 0 spiro atoms. The first kappa shape index (κ1) is 23.9. The number of hydrogen-bond donors (Lipinski definition) is 1.